The maximum atomic E-state index is 12.5. The molecule has 36 heavy (non-hydrogen) atoms. The van der Waals surface area contributed by atoms with Gasteiger partial charge in [0.05, 0.1) is 7.11 Å². The number of esters is 2. The van der Waals surface area contributed by atoms with Gasteiger partial charge in [0.15, 0.2) is 0 Å². The molecule has 1 aliphatic rings. The lowest BCUT2D eigenvalue weighted by Crippen LogP contribution is -2.46. The molecule has 0 aliphatic heterocycles. The van der Waals surface area contributed by atoms with Crippen LogP contribution in [0.25, 0.3) is 11.1 Å². The predicted molar refractivity (Wildman–Crippen MR) is 137 cm³/mol. The molecule has 3 rings (SSSR count). The summed E-state index contributed by atoms with van der Waals surface area (Å²) in [7, 11) is 1.29. The SMILES string of the molecule is COC(=O)[C@H](CCC(=O)OC(C)(C)C)NC[C@H](C)NC(=O)OCC1c2ccccc2-c2ccccc21. The van der Waals surface area contributed by atoms with Crippen molar-refractivity contribution in [3.05, 3.63) is 59.7 Å². The summed E-state index contributed by atoms with van der Waals surface area (Å²) in [5, 5.41) is 5.86. The van der Waals surface area contributed by atoms with E-state index in [1.807, 2.05) is 24.3 Å². The third kappa shape index (κ3) is 7.31. The van der Waals surface area contributed by atoms with Gasteiger partial charge in [-0.25, -0.2) is 4.79 Å². The van der Waals surface area contributed by atoms with Crippen LogP contribution in [0.5, 0.6) is 0 Å². The summed E-state index contributed by atoms with van der Waals surface area (Å²) in [6.07, 6.45) is -0.244. The van der Waals surface area contributed by atoms with Gasteiger partial charge in [-0.05, 0) is 56.4 Å². The second kappa shape index (κ2) is 12.0. The fourth-order valence-corrected chi connectivity index (χ4v) is 4.31. The van der Waals surface area contributed by atoms with Crippen LogP contribution in [0.2, 0.25) is 0 Å². The van der Waals surface area contributed by atoms with Crippen LogP contribution in [0.15, 0.2) is 48.5 Å². The van der Waals surface area contributed by atoms with E-state index < -0.39 is 23.7 Å². The van der Waals surface area contributed by atoms with Crippen LogP contribution in [-0.4, -0.2) is 56.0 Å². The van der Waals surface area contributed by atoms with Gasteiger partial charge in [-0.1, -0.05) is 48.5 Å². The Bertz CT molecular complexity index is 1030. The monoisotopic (exact) mass is 496 g/mol. The minimum atomic E-state index is -0.700. The van der Waals surface area contributed by atoms with Gasteiger partial charge < -0.3 is 24.8 Å². The number of benzene rings is 2. The molecule has 1 amide bonds. The zero-order valence-corrected chi connectivity index (χ0v) is 21.6. The van der Waals surface area contributed by atoms with E-state index in [2.05, 4.69) is 34.9 Å². The molecule has 194 valence electrons. The molecule has 8 heteroatoms. The van der Waals surface area contributed by atoms with Gasteiger partial charge in [0, 0.05) is 24.9 Å². The average Bonchev–Trinajstić information content (AvgIpc) is 3.15. The summed E-state index contributed by atoms with van der Waals surface area (Å²) in [4.78, 5) is 36.7. The Hall–Kier alpha value is -3.39. The minimum Gasteiger partial charge on any atom is -0.468 e. The zero-order chi connectivity index (χ0) is 26.3. The van der Waals surface area contributed by atoms with E-state index in [1.165, 1.54) is 18.2 Å². The normalized spacial score (nSPS) is 14.2. The van der Waals surface area contributed by atoms with Crippen molar-refractivity contribution < 1.29 is 28.6 Å². The molecular weight excluding hydrogens is 460 g/mol. The van der Waals surface area contributed by atoms with Gasteiger partial charge in [0.2, 0.25) is 0 Å². The van der Waals surface area contributed by atoms with Crippen LogP contribution >= 0.6 is 0 Å². The smallest absolute Gasteiger partial charge is 0.407 e. The van der Waals surface area contributed by atoms with Crippen molar-refractivity contribution in [3.8, 4) is 11.1 Å². The van der Waals surface area contributed by atoms with Gasteiger partial charge in [-0.15, -0.1) is 0 Å². The van der Waals surface area contributed by atoms with Crippen molar-refractivity contribution in [1.29, 1.82) is 0 Å². The van der Waals surface area contributed by atoms with E-state index >= 15 is 0 Å². The van der Waals surface area contributed by atoms with E-state index in [0.29, 0.717) is 0 Å². The number of ether oxygens (including phenoxy) is 3. The number of amides is 1. The standard InChI is InChI=1S/C28H36N2O6/c1-18(16-29-24(26(32)34-5)14-15-25(31)36-28(2,3)4)30-27(33)35-17-23-21-12-8-6-10-19(21)20-11-7-9-13-22(20)23/h6-13,18,23-24,29H,14-17H2,1-5H3,(H,30,33)/t18-,24-/m0/s1. The molecule has 0 saturated heterocycles. The second-order valence-corrected chi connectivity index (χ2v) is 9.98. The number of hydrogen-bond acceptors (Lipinski definition) is 7. The van der Waals surface area contributed by atoms with Crippen molar-refractivity contribution in [2.24, 2.45) is 0 Å². The second-order valence-electron chi connectivity index (χ2n) is 9.98. The van der Waals surface area contributed by atoms with Gasteiger partial charge in [0.25, 0.3) is 0 Å². The maximum absolute atomic E-state index is 12.5. The summed E-state index contributed by atoms with van der Waals surface area (Å²) >= 11 is 0. The maximum Gasteiger partial charge on any atom is 0.407 e. The molecule has 0 heterocycles. The number of fused-ring (bicyclic) bond motifs is 3. The first-order chi connectivity index (χ1) is 17.1. The lowest BCUT2D eigenvalue weighted by molar-refractivity contribution is -0.155. The Morgan fingerprint density at radius 2 is 1.56 bits per heavy atom. The van der Waals surface area contributed by atoms with Crippen molar-refractivity contribution in [3.63, 3.8) is 0 Å². The lowest BCUT2D eigenvalue weighted by atomic mass is 9.98. The number of methoxy groups -OCH3 is 1. The molecule has 2 aromatic carbocycles. The number of alkyl carbamates (subject to hydrolysis) is 1. The fraction of sp³-hybridized carbons (Fsp3) is 0.464. The molecule has 2 atom stereocenters. The molecule has 0 saturated carbocycles. The van der Waals surface area contributed by atoms with Gasteiger partial charge in [-0.2, -0.15) is 0 Å². The third-order valence-corrected chi connectivity index (χ3v) is 5.92. The van der Waals surface area contributed by atoms with Crippen molar-refractivity contribution in [2.45, 2.75) is 64.1 Å². The largest absolute Gasteiger partial charge is 0.468 e. The molecule has 2 N–H and O–H groups in total. The number of carbonyl (C=O) groups excluding carboxylic acids is 3. The van der Waals surface area contributed by atoms with Crippen LogP contribution in [0.3, 0.4) is 0 Å². The predicted octanol–water partition coefficient (Wildman–Crippen LogP) is 4.17. The molecule has 0 bridgehead atoms. The fourth-order valence-electron chi connectivity index (χ4n) is 4.31. The zero-order valence-electron chi connectivity index (χ0n) is 21.6. The molecular formula is C28H36N2O6. The van der Waals surface area contributed by atoms with Gasteiger partial charge in [0.1, 0.15) is 18.2 Å². The summed E-state index contributed by atoms with van der Waals surface area (Å²) in [5.41, 5.74) is 4.03. The number of rotatable bonds is 10. The summed E-state index contributed by atoms with van der Waals surface area (Å²) < 4.78 is 15.7. The third-order valence-electron chi connectivity index (χ3n) is 5.92. The average molecular weight is 497 g/mol. The van der Waals surface area contributed by atoms with Crippen LogP contribution in [0.4, 0.5) is 4.79 Å². The highest BCUT2D eigenvalue weighted by molar-refractivity contribution is 5.79. The molecule has 0 aromatic heterocycles. The van der Waals surface area contributed by atoms with Crippen molar-refractivity contribution >= 4 is 18.0 Å². The van der Waals surface area contributed by atoms with E-state index in [1.54, 1.807) is 27.7 Å². The van der Waals surface area contributed by atoms with Crippen LogP contribution in [0.1, 0.15) is 57.6 Å². The number of carbonyl (C=O) groups is 3. The topological polar surface area (TPSA) is 103 Å². The number of nitrogens with one attached hydrogen (secondary N) is 2. The Balaban J connectivity index is 1.48. The molecule has 0 unspecified atom stereocenters. The molecule has 2 aromatic rings. The summed E-state index contributed by atoms with van der Waals surface area (Å²) in [6, 6.07) is 15.3. The Morgan fingerprint density at radius 1 is 0.972 bits per heavy atom. The summed E-state index contributed by atoms with van der Waals surface area (Å²) in [5.74, 6) is -0.886. The van der Waals surface area contributed by atoms with Crippen molar-refractivity contribution in [2.75, 3.05) is 20.3 Å². The first-order valence-electron chi connectivity index (χ1n) is 12.2. The molecule has 0 radical (unpaired) electrons. The first kappa shape index (κ1) is 27.2. The first-order valence-corrected chi connectivity index (χ1v) is 12.2. The minimum absolute atomic E-state index is 0.0202. The van der Waals surface area contributed by atoms with Crippen LogP contribution < -0.4 is 10.6 Å². The van der Waals surface area contributed by atoms with E-state index in [4.69, 9.17) is 14.2 Å². The highest BCUT2D eigenvalue weighted by Gasteiger charge is 2.29. The lowest BCUT2D eigenvalue weighted by Gasteiger charge is -2.22. The molecule has 8 nitrogen and oxygen atoms in total. The Morgan fingerprint density at radius 3 is 2.11 bits per heavy atom. The van der Waals surface area contributed by atoms with E-state index in [9.17, 15) is 14.4 Å². The highest BCUT2D eigenvalue weighted by Crippen LogP contribution is 2.44. The van der Waals surface area contributed by atoms with E-state index in [0.717, 1.165) is 11.1 Å². The molecule has 0 fully saturated rings. The van der Waals surface area contributed by atoms with Gasteiger partial charge >= 0.3 is 18.0 Å². The Kier molecular flexibility index (Phi) is 9.09. The Labute approximate surface area is 212 Å². The van der Waals surface area contributed by atoms with Crippen LogP contribution in [-0.2, 0) is 23.8 Å². The molecule has 1 aliphatic carbocycles. The molecule has 0 spiro atoms. The summed E-state index contributed by atoms with van der Waals surface area (Å²) in [6.45, 7) is 7.68. The highest BCUT2D eigenvalue weighted by atomic mass is 16.6. The van der Waals surface area contributed by atoms with Crippen molar-refractivity contribution in [1.82, 2.24) is 10.6 Å². The van der Waals surface area contributed by atoms with E-state index in [-0.39, 0.29) is 43.9 Å². The van der Waals surface area contributed by atoms with Gasteiger partial charge in [-0.3, -0.25) is 9.59 Å². The number of hydrogen-bond donors (Lipinski definition) is 2. The quantitative estimate of drug-likeness (QED) is 0.376. The van der Waals surface area contributed by atoms with Crippen LogP contribution in [0, 0.1) is 0 Å².